The molecular formula is C19H25N3O3S. The Morgan fingerprint density at radius 1 is 1.04 bits per heavy atom. The Morgan fingerprint density at radius 2 is 1.62 bits per heavy atom. The van der Waals surface area contributed by atoms with Gasteiger partial charge in [-0.1, -0.05) is 17.7 Å². The third-order valence-electron chi connectivity index (χ3n) is 5.45. The van der Waals surface area contributed by atoms with Crippen LogP contribution in [0.4, 0.5) is 0 Å². The topological polar surface area (TPSA) is 81.5 Å². The number of carbonyl (C=O) groups is 1. The maximum atomic E-state index is 12.7. The van der Waals surface area contributed by atoms with E-state index in [4.69, 9.17) is 5.26 Å². The van der Waals surface area contributed by atoms with E-state index in [-0.39, 0.29) is 17.7 Å². The lowest BCUT2D eigenvalue weighted by Gasteiger charge is -2.35. The lowest BCUT2D eigenvalue weighted by molar-refractivity contribution is -0.137. The van der Waals surface area contributed by atoms with Gasteiger partial charge in [0.1, 0.15) is 0 Å². The van der Waals surface area contributed by atoms with E-state index in [2.05, 4.69) is 6.07 Å². The van der Waals surface area contributed by atoms with Gasteiger partial charge in [-0.2, -0.15) is 9.57 Å². The summed E-state index contributed by atoms with van der Waals surface area (Å²) in [4.78, 5) is 14.8. The summed E-state index contributed by atoms with van der Waals surface area (Å²) < 4.78 is 27.0. The average molecular weight is 375 g/mol. The Morgan fingerprint density at radius 3 is 2.15 bits per heavy atom. The molecule has 1 amide bonds. The van der Waals surface area contributed by atoms with Crippen molar-refractivity contribution in [2.24, 2.45) is 11.8 Å². The quantitative estimate of drug-likeness (QED) is 0.811. The number of aryl methyl sites for hydroxylation is 1. The minimum absolute atomic E-state index is 0.0561. The summed E-state index contributed by atoms with van der Waals surface area (Å²) in [6, 6.07) is 9.15. The molecular weight excluding hydrogens is 350 g/mol. The highest BCUT2D eigenvalue weighted by molar-refractivity contribution is 7.89. The number of rotatable bonds is 3. The number of hydrogen-bond acceptors (Lipinski definition) is 4. The minimum Gasteiger partial charge on any atom is -0.342 e. The molecule has 0 spiro atoms. The first-order valence-corrected chi connectivity index (χ1v) is 10.6. The van der Waals surface area contributed by atoms with Crippen molar-refractivity contribution in [2.45, 2.75) is 37.5 Å². The third-order valence-corrected chi connectivity index (χ3v) is 7.36. The number of amides is 1. The predicted molar refractivity (Wildman–Crippen MR) is 97.6 cm³/mol. The molecule has 6 nitrogen and oxygen atoms in total. The van der Waals surface area contributed by atoms with Crippen LogP contribution in [0.25, 0.3) is 0 Å². The van der Waals surface area contributed by atoms with E-state index in [0.717, 1.165) is 18.4 Å². The fraction of sp³-hybridized carbons (Fsp3) is 0.579. The van der Waals surface area contributed by atoms with Gasteiger partial charge >= 0.3 is 0 Å². The monoisotopic (exact) mass is 375 g/mol. The first-order chi connectivity index (χ1) is 12.4. The van der Waals surface area contributed by atoms with Crippen LogP contribution < -0.4 is 0 Å². The molecule has 1 aromatic rings. The number of nitriles is 1. The van der Waals surface area contributed by atoms with E-state index in [1.54, 1.807) is 24.3 Å². The third kappa shape index (κ3) is 3.92. The van der Waals surface area contributed by atoms with Gasteiger partial charge in [-0.3, -0.25) is 4.79 Å². The van der Waals surface area contributed by atoms with E-state index in [1.165, 1.54) is 4.31 Å². The SMILES string of the molecule is Cc1ccc(S(=O)(=O)N2CCC(C(=O)N3CCC(C#N)CC3)CC2)cc1. The molecule has 1 aromatic carbocycles. The number of sulfonamides is 1. The number of piperidine rings is 2. The van der Waals surface area contributed by atoms with Crippen molar-refractivity contribution in [1.29, 1.82) is 5.26 Å². The highest BCUT2D eigenvalue weighted by Crippen LogP contribution is 2.27. The zero-order chi connectivity index (χ0) is 18.7. The van der Waals surface area contributed by atoms with Gasteiger partial charge in [-0.15, -0.1) is 0 Å². The van der Waals surface area contributed by atoms with E-state index < -0.39 is 10.0 Å². The highest BCUT2D eigenvalue weighted by atomic mass is 32.2. The molecule has 0 unspecified atom stereocenters. The molecule has 0 N–H and O–H groups in total. The van der Waals surface area contributed by atoms with Crippen molar-refractivity contribution >= 4 is 15.9 Å². The highest BCUT2D eigenvalue weighted by Gasteiger charge is 2.34. The maximum Gasteiger partial charge on any atom is 0.243 e. The molecule has 26 heavy (non-hydrogen) atoms. The molecule has 2 aliphatic rings. The summed E-state index contributed by atoms with van der Waals surface area (Å²) in [5.74, 6) is 0.0624. The van der Waals surface area contributed by atoms with Crippen molar-refractivity contribution < 1.29 is 13.2 Å². The summed E-state index contributed by atoms with van der Waals surface area (Å²) in [5, 5.41) is 8.96. The molecule has 0 radical (unpaired) electrons. The molecule has 2 heterocycles. The van der Waals surface area contributed by atoms with E-state index in [9.17, 15) is 13.2 Å². The van der Waals surface area contributed by atoms with E-state index in [0.29, 0.717) is 43.9 Å². The van der Waals surface area contributed by atoms with Gasteiger partial charge in [0.25, 0.3) is 0 Å². The zero-order valence-corrected chi connectivity index (χ0v) is 15.9. The molecule has 7 heteroatoms. The number of carbonyl (C=O) groups excluding carboxylic acids is 1. The van der Waals surface area contributed by atoms with Crippen LogP contribution in [0.3, 0.4) is 0 Å². The molecule has 140 valence electrons. The molecule has 0 atom stereocenters. The van der Waals surface area contributed by atoms with Crippen molar-refractivity contribution in [3.8, 4) is 6.07 Å². The van der Waals surface area contributed by atoms with Gasteiger partial charge in [-0.25, -0.2) is 8.42 Å². The molecule has 0 aliphatic carbocycles. The summed E-state index contributed by atoms with van der Waals surface area (Å²) >= 11 is 0. The molecule has 3 rings (SSSR count). The van der Waals surface area contributed by atoms with Gasteiger partial charge in [0.15, 0.2) is 0 Å². The summed E-state index contributed by atoms with van der Waals surface area (Å²) in [6.45, 7) is 3.95. The molecule has 2 aliphatic heterocycles. The maximum absolute atomic E-state index is 12.7. The second-order valence-electron chi connectivity index (χ2n) is 7.22. The second-order valence-corrected chi connectivity index (χ2v) is 9.16. The smallest absolute Gasteiger partial charge is 0.243 e. The van der Waals surface area contributed by atoms with Crippen LogP contribution in [0.15, 0.2) is 29.2 Å². The second kappa shape index (κ2) is 7.77. The standard InChI is InChI=1S/C19H25N3O3S/c1-15-2-4-18(5-3-15)26(24,25)22-12-8-17(9-13-22)19(23)21-10-6-16(14-20)7-11-21/h2-5,16-17H,6-13H2,1H3. The average Bonchev–Trinajstić information content (AvgIpc) is 2.68. The lowest BCUT2D eigenvalue weighted by atomic mass is 9.93. The lowest BCUT2D eigenvalue weighted by Crippen LogP contribution is -2.46. The van der Waals surface area contributed by atoms with Crippen LogP contribution in [0.2, 0.25) is 0 Å². The number of benzene rings is 1. The van der Waals surface area contributed by atoms with Crippen LogP contribution in [0, 0.1) is 30.1 Å². The van der Waals surface area contributed by atoms with Crippen LogP contribution >= 0.6 is 0 Å². The Kier molecular flexibility index (Phi) is 5.64. The predicted octanol–water partition coefficient (Wildman–Crippen LogP) is 2.16. The van der Waals surface area contributed by atoms with Gasteiger partial charge in [-0.05, 0) is 44.7 Å². The van der Waals surface area contributed by atoms with Crippen LogP contribution in [-0.4, -0.2) is 49.7 Å². The van der Waals surface area contributed by atoms with Crippen LogP contribution in [-0.2, 0) is 14.8 Å². The Bertz CT molecular complexity index is 782. The summed E-state index contributed by atoms with van der Waals surface area (Å²) in [5.41, 5.74) is 1.02. The number of likely N-dealkylation sites (tertiary alicyclic amines) is 1. The number of nitrogens with zero attached hydrogens (tertiary/aromatic N) is 3. The number of hydrogen-bond donors (Lipinski definition) is 0. The fourth-order valence-corrected chi connectivity index (χ4v) is 5.16. The zero-order valence-electron chi connectivity index (χ0n) is 15.1. The van der Waals surface area contributed by atoms with E-state index >= 15 is 0 Å². The first-order valence-electron chi connectivity index (χ1n) is 9.17. The van der Waals surface area contributed by atoms with Crippen molar-refractivity contribution in [3.05, 3.63) is 29.8 Å². The largest absolute Gasteiger partial charge is 0.342 e. The van der Waals surface area contributed by atoms with Gasteiger partial charge in [0, 0.05) is 38.0 Å². The summed E-state index contributed by atoms with van der Waals surface area (Å²) in [7, 11) is -3.49. The Hall–Kier alpha value is -1.91. The molecule has 2 saturated heterocycles. The Balaban J connectivity index is 1.58. The van der Waals surface area contributed by atoms with Gasteiger partial charge < -0.3 is 4.90 Å². The fourth-order valence-electron chi connectivity index (χ4n) is 3.69. The first kappa shape index (κ1) is 18.9. The summed E-state index contributed by atoms with van der Waals surface area (Å²) in [6.07, 6.45) is 2.59. The minimum atomic E-state index is -3.49. The van der Waals surface area contributed by atoms with Crippen LogP contribution in [0.5, 0.6) is 0 Å². The van der Waals surface area contributed by atoms with E-state index in [1.807, 2.05) is 11.8 Å². The molecule has 0 saturated carbocycles. The molecule has 0 aromatic heterocycles. The van der Waals surface area contributed by atoms with Crippen molar-refractivity contribution in [2.75, 3.05) is 26.2 Å². The van der Waals surface area contributed by atoms with Crippen molar-refractivity contribution in [1.82, 2.24) is 9.21 Å². The van der Waals surface area contributed by atoms with Gasteiger partial charge in [0.2, 0.25) is 15.9 Å². The van der Waals surface area contributed by atoms with Crippen LogP contribution in [0.1, 0.15) is 31.2 Å². The van der Waals surface area contributed by atoms with Gasteiger partial charge in [0.05, 0.1) is 11.0 Å². The molecule has 2 fully saturated rings. The van der Waals surface area contributed by atoms with Crippen molar-refractivity contribution in [3.63, 3.8) is 0 Å². The molecule has 0 bridgehead atoms. The normalized spacial score (nSPS) is 20.7. The Labute approximate surface area is 155 Å².